The van der Waals surface area contributed by atoms with Crippen molar-refractivity contribution >= 4 is 34.1 Å². The Morgan fingerprint density at radius 2 is 1.82 bits per heavy atom. The molecular weight excluding hydrogens is 330 g/mol. The van der Waals surface area contributed by atoms with Crippen LogP contribution in [0, 0.1) is 9.39 Å². The van der Waals surface area contributed by atoms with Crippen molar-refractivity contribution in [2.24, 2.45) is 10.7 Å². The zero-order chi connectivity index (χ0) is 12.3. The molecule has 0 atom stereocenters. The number of halogens is 2. The van der Waals surface area contributed by atoms with E-state index in [0.717, 1.165) is 9.13 Å². The summed E-state index contributed by atoms with van der Waals surface area (Å²) in [6, 6.07) is 13.9. The smallest absolute Gasteiger partial charge is 0.131 e. The van der Waals surface area contributed by atoms with E-state index in [1.165, 1.54) is 12.1 Å². The van der Waals surface area contributed by atoms with E-state index in [1.807, 2.05) is 52.9 Å². The summed E-state index contributed by atoms with van der Waals surface area (Å²) in [5.74, 6) is 0.154. The largest absolute Gasteiger partial charge is 0.383 e. The number of hydrogen-bond acceptors (Lipinski definition) is 1. The quantitative estimate of drug-likeness (QED) is 0.508. The molecule has 0 aliphatic rings. The van der Waals surface area contributed by atoms with Gasteiger partial charge in [-0.05, 0) is 40.8 Å². The van der Waals surface area contributed by atoms with Gasteiger partial charge in [0.1, 0.15) is 11.7 Å². The van der Waals surface area contributed by atoms with Gasteiger partial charge < -0.3 is 5.73 Å². The fraction of sp³-hybridized carbons (Fsp3) is 0. The molecule has 86 valence electrons. The van der Waals surface area contributed by atoms with Gasteiger partial charge in [-0.15, -0.1) is 0 Å². The van der Waals surface area contributed by atoms with Gasteiger partial charge in [0, 0.05) is 9.13 Å². The van der Waals surface area contributed by atoms with E-state index >= 15 is 0 Å². The van der Waals surface area contributed by atoms with E-state index in [9.17, 15) is 4.39 Å². The molecule has 0 bridgehead atoms. The van der Waals surface area contributed by atoms with E-state index in [1.54, 1.807) is 6.07 Å². The average molecular weight is 340 g/mol. The van der Waals surface area contributed by atoms with Gasteiger partial charge in [-0.1, -0.05) is 30.3 Å². The maximum Gasteiger partial charge on any atom is 0.131 e. The molecule has 2 nitrogen and oxygen atoms in total. The van der Waals surface area contributed by atoms with Crippen molar-refractivity contribution in [1.29, 1.82) is 0 Å². The van der Waals surface area contributed by atoms with Crippen LogP contribution in [0.4, 0.5) is 10.1 Å². The van der Waals surface area contributed by atoms with Gasteiger partial charge in [-0.3, -0.25) is 0 Å². The third kappa shape index (κ3) is 3.03. The number of hydrogen-bond donors (Lipinski definition) is 1. The Labute approximate surface area is 113 Å². The summed E-state index contributed by atoms with van der Waals surface area (Å²) in [6.07, 6.45) is 0. The van der Waals surface area contributed by atoms with Crippen LogP contribution in [0.3, 0.4) is 0 Å². The molecule has 0 saturated heterocycles. The number of rotatable bonds is 2. The maximum atomic E-state index is 12.9. The van der Waals surface area contributed by atoms with Gasteiger partial charge in [-0.25, -0.2) is 9.38 Å². The van der Waals surface area contributed by atoms with Crippen molar-refractivity contribution in [1.82, 2.24) is 0 Å². The van der Waals surface area contributed by atoms with Gasteiger partial charge >= 0.3 is 0 Å². The lowest BCUT2D eigenvalue weighted by molar-refractivity contribution is 0.627. The highest BCUT2D eigenvalue weighted by molar-refractivity contribution is 14.1. The highest BCUT2D eigenvalue weighted by atomic mass is 127. The van der Waals surface area contributed by atoms with Crippen LogP contribution in [0.2, 0.25) is 0 Å². The third-order valence-corrected chi connectivity index (χ3v) is 3.08. The number of nitrogens with two attached hydrogens (primary N) is 1. The van der Waals surface area contributed by atoms with Crippen LogP contribution >= 0.6 is 22.6 Å². The molecular formula is C13H10FIN2. The summed E-state index contributed by atoms with van der Waals surface area (Å²) in [6.45, 7) is 0. The molecule has 17 heavy (non-hydrogen) atoms. The normalized spacial score (nSPS) is 11.5. The van der Waals surface area contributed by atoms with Crippen LogP contribution < -0.4 is 5.73 Å². The molecule has 0 spiro atoms. The highest BCUT2D eigenvalue weighted by Crippen LogP contribution is 2.22. The van der Waals surface area contributed by atoms with E-state index in [4.69, 9.17) is 5.73 Å². The number of aliphatic imine (C=N–C) groups is 1. The van der Waals surface area contributed by atoms with Gasteiger partial charge in [0.15, 0.2) is 0 Å². The molecule has 2 aromatic rings. The lowest BCUT2D eigenvalue weighted by Crippen LogP contribution is -2.12. The summed E-state index contributed by atoms with van der Waals surface area (Å²) in [5, 5.41) is 0. The lowest BCUT2D eigenvalue weighted by Gasteiger charge is -2.02. The molecule has 0 amide bonds. The topological polar surface area (TPSA) is 38.4 Å². The maximum absolute atomic E-state index is 12.9. The molecule has 0 radical (unpaired) electrons. The Hall–Kier alpha value is -1.43. The van der Waals surface area contributed by atoms with Crippen LogP contribution in [-0.4, -0.2) is 5.84 Å². The first-order chi connectivity index (χ1) is 8.16. The van der Waals surface area contributed by atoms with Crippen molar-refractivity contribution in [3.05, 3.63) is 63.5 Å². The van der Waals surface area contributed by atoms with Gasteiger partial charge in [-0.2, -0.15) is 0 Å². The Morgan fingerprint density at radius 1 is 1.12 bits per heavy atom. The molecule has 0 saturated carbocycles. The summed E-state index contributed by atoms with van der Waals surface area (Å²) in [5.41, 5.74) is 7.42. The summed E-state index contributed by atoms with van der Waals surface area (Å²) >= 11 is 2.04. The minimum Gasteiger partial charge on any atom is -0.383 e. The molecule has 2 rings (SSSR count). The zero-order valence-electron chi connectivity index (χ0n) is 8.90. The minimum atomic E-state index is -0.272. The summed E-state index contributed by atoms with van der Waals surface area (Å²) < 4.78 is 13.7. The predicted octanol–water partition coefficient (Wildman–Crippen LogP) is 3.47. The van der Waals surface area contributed by atoms with E-state index in [2.05, 4.69) is 4.99 Å². The van der Waals surface area contributed by atoms with E-state index in [0.29, 0.717) is 11.5 Å². The molecule has 2 N–H and O–H groups in total. The van der Waals surface area contributed by atoms with Crippen molar-refractivity contribution in [2.75, 3.05) is 0 Å². The predicted molar refractivity (Wildman–Crippen MR) is 75.9 cm³/mol. The fourth-order valence-corrected chi connectivity index (χ4v) is 1.97. The summed E-state index contributed by atoms with van der Waals surface area (Å²) in [4.78, 5) is 4.29. The third-order valence-electron chi connectivity index (χ3n) is 2.22. The molecule has 0 unspecified atom stereocenters. The first-order valence-corrected chi connectivity index (χ1v) is 6.09. The van der Waals surface area contributed by atoms with E-state index in [-0.39, 0.29) is 5.82 Å². The highest BCUT2D eigenvalue weighted by Gasteiger charge is 2.02. The second kappa shape index (κ2) is 5.27. The second-order valence-electron chi connectivity index (χ2n) is 3.46. The van der Waals surface area contributed by atoms with Crippen molar-refractivity contribution in [3.8, 4) is 0 Å². The van der Waals surface area contributed by atoms with Crippen LogP contribution in [-0.2, 0) is 0 Å². The average Bonchev–Trinajstić information content (AvgIpc) is 2.34. The SMILES string of the molecule is NC(=Nc1ccc(F)cc1I)c1ccccc1. The van der Waals surface area contributed by atoms with E-state index < -0.39 is 0 Å². The Bertz CT molecular complexity index is 553. The molecule has 0 aromatic heterocycles. The van der Waals surface area contributed by atoms with Gasteiger partial charge in [0.25, 0.3) is 0 Å². The first-order valence-electron chi connectivity index (χ1n) is 5.01. The number of amidine groups is 1. The Kier molecular flexibility index (Phi) is 3.73. The van der Waals surface area contributed by atoms with Crippen molar-refractivity contribution in [3.63, 3.8) is 0 Å². The fourth-order valence-electron chi connectivity index (χ4n) is 1.38. The molecule has 0 aliphatic carbocycles. The monoisotopic (exact) mass is 340 g/mol. The van der Waals surface area contributed by atoms with Gasteiger partial charge in [0.05, 0.1) is 5.69 Å². The Balaban J connectivity index is 2.36. The minimum absolute atomic E-state index is 0.272. The van der Waals surface area contributed by atoms with Crippen molar-refractivity contribution in [2.45, 2.75) is 0 Å². The molecule has 0 fully saturated rings. The zero-order valence-corrected chi connectivity index (χ0v) is 11.1. The molecule has 2 aromatic carbocycles. The summed E-state index contributed by atoms with van der Waals surface area (Å²) in [7, 11) is 0. The lowest BCUT2D eigenvalue weighted by atomic mass is 10.2. The Morgan fingerprint density at radius 3 is 2.47 bits per heavy atom. The van der Waals surface area contributed by atoms with Gasteiger partial charge in [0.2, 0.25) is 0 Å². The molecule has 0 aliphatic heterocycles. The van der Waals surface area contributed by atoms with Crippen LogP contribution in [0.1, 0.15) is 5.56 Å². The second-order valence-corrected chi connectivity index (χ2v) is 4.62. The van der Waals surface area contributed by atoms with Crippen LogP contribution in [0.5, 0.6) is 0 Å². The first kappa shape index (κ1) is 12.0. The molecule has 4 heteroatoms. The van der Waals surface area contributed by atoms with Crippen LogP contribution in [0.25, 0.3) is 0 Å². The van der Waals surface area contributed by atoms with Crippen molar-refractivity contribution < 1.29 is 4.39 Å². The van der Waals surface area contributed by atoms with Crippen LogP contribution in [0.15, 0.2) is 53.5 Å². The molecule has 0 heterocycles. The number of benzene rings is 2. The number of nitrogens with zero attached hydrogens (tertiary/aromatic N) is 1. The standard InChI is InChI=1S/C13H10FIN2/c14-10-6-7-12(11(15)8-10)17-13(16)9-4-2-1-3-5-9/h1-8H,(H2,16,17).